The summed E-state index contributed by atoms with van der Waals surface area (Å²) in [6, 6.07) is 3.96. The lowest BCUT2D eigenvalue weighted by Crippen LogP contribution is -2.24. The zero-order valence-corrected chi connectivity index (χ0v) is 13.0. The molecule has 0 aliphatic heterocycles. The number of fused-ring (bicyclic) bond motifs is 1. The maximum Gasteiger partial charge on any atom is 0.112 e. The van der Waals surface area contributed by atoms with Crippen molar-refractivity contribution in [1.82, 2.24) is 9.97 Å². The second-order valence-electron chi connectivity index (χ2n) is 4.69. The number of anilines is 1. The van der Waals surface area contributed by atoms with E-state index in [1.807, 2.05) is 39.2 Å². The van der Waals surface area contributed by atoms with E-state index in [1.54, 1.807) is 6.20 Å². The van der Waals surface area contributed by atoms with E-state index in [0.29, 0.717) is 6.61 Å². The van der Waals surface area contributed by atoms with Crippen LogP contribution in [0.3, 0.4) is 0 Å². The summed E-state index contributed by atoms with van der Waals surface area (Å²) < 4.78 is 6.52. The van der Waals surface area contributed by atoms with Crippen LogP contribution in [-0.2, 0) is 4.74 Å². The van der Waals surface area contributed by atoms with Crippen molar-refractivity contribution in [1.29, 1.82) is 0 Å². The largest absolute Gasteiger partial charge is 0.377 e. The summed E-state index contributed by atoms with van der Waals surface area (Å²) in [5.41, 5.74) is 2.88. The van der Waals surface area contributed by atoms with Crippen LogP contribution in [0.4, 0.5) is 5.69 Å². The van der Waals surface area contributed by atoms with Crippen molar-refractivity contribution in [3.05, 3.63) is 29.0 Å². The first-order chi connectivity index (χ1) is 9.08. The lowest BCUT2D eigenvalue weighted by atomic mass is 10.2. The Bertz CT molecular complexity index is 559. The van der Waals surface area contributed by atoms with Crippen LogP contribution in [-0.4, -0.2) is 36.3 Å². The predicted octanol–water partition coefficient (Wildman–Crippen LogP) is 3.25. The third-order valence-electron chi connectivity index (χ3n) is 2.81. The third kappa shape index (κ3) is 3.64. The first-order valence-electron chi connectivity index (χ1n) is 6.31. The molecule has 2 aromatic heterocycles. The van der Waals surface area contributed by atoms with Gasteiger partial charge in [0.1, 0.15) is 5.52 Å². The van der Waals surface area contributed by atoms with Gasteiger partial charge in [-0.15, -0.1) is 0 Å². The van der Waals surface area contributed by atoms with Gasteiger partial charge < -0.3 is 9.64 Å². The van der Waals surface area contributed by atoms with Gasteiger partial charge in [0.05, 0.1) is 23.9 Å². The smallest absolute Gasteiger partial charge is 0.112 e. The summed E-state index contributed by atoms with van der Waals surface area (Å²) >= 11 is 3.42. The Hall–Kier alpha value is -1.20. The highest BCUT2D eigenvalue weighted by Gasteiger charge is 2.08. The first-order valence-corrected chi connectivity index (χ1v) is 7.10. The number of likely N-dealkylation sites (N-methyl/N-ethyl adjacent to an activating group) is 1. The molecule has 0 fully saturated rings. The molecule has 5 heteroatoms. The Kier molecular flexibility index (Phi) is 4.71. The predicted molar refractivity (Wildman–Crippen MR) is 81.6 cm³/mol. The van der Waals surface area contributed by atoms with Crippen LogP contribution in [0.25, 0.3) is 11.0 Å². The SMILES string of the molecule is CC(C)OCCN(C)c1ccnc2cc(Br)cnc12. The van der Waals surface area contributed by atoms with E-state index < -0.39 is 0 Å². The zero-order valence-electron chi connectivity index (χ0n) is 11.4. The van der Waals surface area contributed by atoms with Crippen LogP contribution in [0, 0.1) is 0 Å². The molecule has 0 unspecified atom stereocenters. The van der Waals surface area contributed by atoms with Gasteiger partial charge >= 0.3 is 0 Å². The van der Waals surface area contributed by atoms with Gasteiger partial charge in [0, 0.05) is 30.5 Å². The summed E-state index contributed by atoms with van der Waals surface area (Å²) in [5.74, 6) is 0. The summed E-state index contributed by atoms with van der Waals surface area (Å²) in [6.45, 7) is 5.62. The Morgan fingerprint density at radius 3 is 2.89 bits per heavy atom. The van der Waals surface area contributed by atoms with Gasteiger partial charge in [-0.3, -0.25) is 9.97 Å². The molecule has 0 aliphatic rings. The van der Waals surface area contributed by atoms with Crippen molar-refractivity contribution in [3.63, 3.8) is 0 Å². The van der Waals surface area contributed by atoms with E-state index in [-0.39, 0.29) is 6.10 Å². The van der Waals surface area contributed by atoms with Gasteiger partial charge in [-0.2, -0.15) is 0 Å². The van der Waals surface area contributed by atoms with Gasteiger partial charge in [-0.1, -0.05) is 0 Å². The number of hydrogen-bond donors (Lipinski definition) is 0. The molecule has 2 rings (SSSR count). The number of halogens is 1. The summed E-state index contributed by atoms with van der Waals surface area (Å²) in [4.78, 5) is 10.9. The van der Waals surface area contributed by atoms with E-state index in [0.717, 1.165) is 27.7 Å². The highest BCUT2D eigenvalue weighted by Crippen LogP contribution is 2.24. The van der Waals surface area contributed by atoms with Gasteiger partial charge in [0.15, 0.2) is 0 Å². The standard InChI is InChI=1S/C14H18BrN3O/c1-10(2)19-7-6-18(3)13-4-5-16-12-8-11(15)9-17-14(12)13/h4-5,8-10H,6-7H2,1-3H3. The van der Waals surface area contributed by atoms with E-state index in [9.17, 15) is 0 Å². The fourth-order valence-electron chi connectivity index (χ4n) is 1.85. The molecule has 0 aromatic carbocycles. The number of ether oxygens (including phenoxy) is 1. The number of rotatable bonds is 5. The molecule has 0 aliphatic carbocycles. The van der Waals surface area contributed by atoms with Crippen LogP contribution >= 0.6 is 15.9 Å². The average molecular weight is 324 g/mol. The van der Waals surface area contributed by atoms with Crippen molar-refractivity contribution in [3.8, 4) is 0 Å². The lowest BCUT2D eigenvalue weighted by molar-refractivity contribution is 0.0846. The molecule has 0 saturated heterocycles. The third-order valence-corrected chi connectivity index (χ3v) is 3.25. The molecule has 4 nitrogen and oxygen atoms in total. The Morgan fingerprint density at radius 1 is 1.37 bits per heavy atom. The van der Waals surface area contributed by atoms with E-state index in [2.05, 4.69) is 30.8 Å². The minimum absolute atomic E-state index is 0.261. The molecule has 0 bridgehead atoms. The Labute approximate surface area is 121 Å². The number of pyridine rings is 2. The number of aromatic nitrogens is 2. The molecular weight excluding hydrogens is 306 g/mol. The van der Waals surface area contributed by atoms with Crippen molar-refractivity contribution >= 4 is 32.7 Å². The summed E-state index contributed by atoms with van der Waals surface area (Å²) in [7, 11) is 2.04. The van der Waals surface area contributed by atoms with Crippen LogP contribution in [0.2, 0.25) is 0 Å². The van der Waals surface area contributed by atoms with Gasteiger partial charge in [0.25, 0.3) is 0 Å². The summed E-state index contributed by atoms with van der Waals surface area (Å²) in [6.07, 6.45) is 3.87. The van der Waals surface area contributed by atoms with Crippen molar-refractivity contribution < 1.29 is 4.74 Å². The number of hydrogen-bond acceptors (Lipinski definition) is 4. The molecule has 2 aromatic rings. The zero-order chi connectivity index (χ0) is 13.8. The first kappa shape index (κ1) is 14.2. The second kappa shape index (κ2) is 6.30. The average Bonchev–Trinajstić information content (AvgIpc) is 2.37. The molecule has 0 spiro atoms. The van der Waals surface area contributed by atoms with Crippen molar-refractivity contribution in [2.75, 3.05) is 25.1 Å². The Balaban J connectivity index is 2.19. The highest BCUT2D eigenvalue weighted by molar-refractivity contribution is 9.10. The van der Waals surface area contributed by atoms with E-state index >= 15 is 0 Å². The van der Waals surface area contributed by atoms with E-state index in [4.69, 9.17) is 4.74 Å². The Morgan fingerprint density at radius 2 is 2.16 bits per heavy atom. The maximum atomic E-state index is 5.58. The fourth-order valence-corrected chi connectivity index (χ4v) is 2.16. The van der Waals surface area contributed by atoms with Gasteiger partial charge in [0.2, 0.25) is 0 Å². The van der Waals surface area contributed by atoms with Crippen LogP contribution < -0.4 is 4.90 Å². The highest BCUT2D eigenvalue weighted by atomic mass is 79.9. The van der Waals surface area contributed by atoms with Crippen LogP contribution in [0.1, 0.15) is 13.8 Å². The quantitative estimate of drug-likeness (QED) is 0.846. The van der Waals surface area contributed by atoms with Crippen LogP contribution in [0.15, 0.2) is 29.0 Å². The minimum atomic E-state index is 0.261. The molecule has 19 heavy (non-hydrogen) atoms. The summed E-state index contributed by atoms with van der Waals surface area (Å²) in [5, 5.41) is 0. The lowest BCUT2D eigenvalue weighted by Gasteiger charge is -2.21. The van der Waals surface area contributed by atoms with Gasteiger partial charge in [-0.25, -0.2) is 0 Å². The molecule has 102 valence electrons. The molecule has 0 atom stereocenters. The van der Waals surface area contributed by atoms with Crippen molar-refractivity contribution in [2.45, 2.75) is 20.0 Å². The monoisotopic (exact) mass is 323 g/mol. The topological polar surface area (TPSA) is 38.2 Å². The molecular formula is C14H18BrN3O. The molecule has 2 heterocycles. The van der Waals surface area contributed by atoms with Crippen molar-refractivity contribution in [2.24, 2.45) is 0 Å². The van der Waals surface area contributed by atoms with Crippen LogP contribution in [0.5, 0.6) is 0 Å². The fraction of sp³-hybridized carbons (Fsp3) is 0.429. The number of nitrogens with zero attached hydrogens (tertiary/aromatic N) is 3. The second-order valence-corrected chi connectivity index (χ2v) is 5.61. The minimum Gasteiger partial charge on any atom is -0.377 e. The maximum absolute atomic E-state index is 5.58. The molecule has 0 N–H and O–H groups in total. The van der Waals surface area contributed by atoms with Gasteiger partial charge in [-0.05, 0) is 41.9 Å². The molecule has 0 radical (unpaired) electrons. The molecule has 0 amide bonds. The van der Waals surface area contributed by atoms with E-state index in [1.165, 1.54) is 0 Å². The molecule has 0 saturated carbocycles. The normalized spacial score (nSPS) is 11.2.